The number of nitrogens with zero attached hydrogens (tertiary/aromatic N) is 1. The van der Waals surface area contributed by atoms with Crippen LogP contribution in [0.25, 0.3) is 16.6 Å². The van der Waals surface area contributed by atoms with Gasteiger partial charge in [0.1, 0.15) is 0 Å². The normalized spacial score (nSPS) is 10.9. The lowest BCUT2D eigenvalue weighted by Crippen LogP contribution is -2.22. The number of aromatic nitrogens is 2. The zero-order valence-electron chi connectivity index (χ0n) is 14.0. The van der Waals surface area contributed by atoms with Gasteiger partial charge in [-0.05, 0) is 72.5 Å². The van der Waals surface area contributed by atoms with E-state index in [1.165, 1.54) is 5.39 Å². The molecule has 0 spiro atoms. The minimum atomic E-state index is -0.0654. The Hall–Kier alpha value is -3.27. The second-order valence-corrected chi connectivity index (χ2v) is 6.19. The minimum absolute atomic E-state index is 0.0654. The van der Waals surface area contributed by atoms with Crippen molar-refractivity contribution in [3.05, 3.63) is 89.9 Å². The molecule has 4 aromatic rings. The highest BCUT2D eigenvalue weighted by Gasteiger charge is 2.06. The zero-order chi connectivity index (χ0) is 17.2. The highest BCUT2D eigenvalue weighted by atomic mass is 16.1. The SMILES string of the molecule is Cc1cc2cc(CNC(=O)c3ccc(-n4cccc4)cc3)ccc2[nH]1. The molecule has 4 heteroatoms. The van der Waals surface area contributed by atoms with Crippen molar-refractivity contribution >= 4 is 16.8 Å². The molecular formula is C21H19N3O. The predicted molar refractivity (Wildman–Crippen MR) is 100.0 cm³/mol. The van der Waals surface area contributed by atoms with Gasteiger partial charge in [-0.3, -0.25) is 4.79 Å². The number of benzene rings is 2. The number of fused-ring (bicyclic) bond motifs is 1. The second-order valence-electron chi connectivity index (χ2n) is 6.19. The first kappa shape index (κ1) is 15.3. The number of H-pyrrole nitrogens is 1. The molecule has 0 saturated heterocycles. The quantitative estimate of drug-likeness (QED) is 0.579. The average molecular weight is 329 g/mol. The Bertz CT molecular complexity index is 1010. The lowest BCUT2D eigenvalue weighted by molar-refractivity contribution is 0.0951. The third kappa shape index (κ3) is 3.19. The van der Waals surface area contributed by atoms with Gasteiger partial charge in [0.15, 0.2) is 0 Å². The molecule has 0 fully saturated rings. The Morgan fingerprint density at radius 3 is 2.56 bits per heavy atom. The zero-order valence-corrected chi connectivity index (χ0v) is 14.0. The molecule has 124 valence electrons. The molecule has 0 bridgehead atoms. The Balaban J connectivity index is 1.44. The standard InChI is InChI=1S/C21H19N3O/c1-15-12-18-13-16(4-9-20(18)23-15)14-22-21(25)17-5-7-19(8-6-17)24-10-2-3-11-24/h2-13,23H,14H2,1H3,(H,22,25). The molecule has 0 saturated carbocycles. The minimum Gasteiger partial charge on any atom is -0.359 e. The summed E-state index contributed by atoms with van der Waals surface area (Å²) in [7, 11) is 0. The highest BCUT2D eigenvalue weighted by Crippen LogP contribution is 2.17. The number of carbonyl (C=O) groups excluding carboxylic acids is 1. The van der Waals surface area contributed by atoms with Crippen molar-refractivity contribution in [1.29, 1.82) is 0 Å². The maximum absolute atomic E-state index is 12.4. The first-order chi connectivity index (χ1) is 12.2. The van der Waals surface area contributed by atoms with Crippen LogP contribution in [0, 0.1) is 6.92 Å². The van der Waals surface area contributed by atoms with Gasteiger partial charge in [0.2, 0.25) is 0 Å². The van der Waals surface area contributed by atoms with Crippen LogP contribution in [0.4, 0.5) is 0 Å². The number of carbonyl (C=O) groups is 1. The van der Waals surface area contributed by atoms with Crippen LogP contribution >= 0.6 is 0 Å². The molecule has 25 heavy (non-hydrogen) atoms. The number of aryl methyl sites for hydroxylation is 1. The highest BCUT2D eigenvalue weighted by molar-refractivity contribution is 5.94. The predicted octanol–water partition coefficient (Wildman–Crippen LogP) is 4.20. The summed E-state index contributed by atoms with van der Waals surface area (Å²) in [5, 5.41) is 4.15. The number of hydrogen-bond acceptors (Lipinski definition) is 1. The molecule has 1 amide bonds. The summed E-state index contributed by atoms with van der Waals surface area (Å²) in [6.45, 7) is 2.55. The van der Waals surface area contributed by atoms with Crippen LogP contribution in [0.3, 0.4) is 0 Å². The smallest absolute Gasteiger partial charge is 0.251 e. The average Bonchev–Trinajstić information content (AvgIpc) is 3.28. The van der Waals surface area contributed by atoms with E-state index in [9.17, 15) is 4.79 Å². The summed E-state index contributed by atoms with van der Waals surface area (Å²) < 4.78 is 2.01. The number of rotatable bonds is 4. The Labute approximate surface area is 146 Å². The van der Waals surface area contributed by atoms with E-state index in [1.54, 1.807) is 0 Å². The monoisotopic (exact) mass is 329 g/mol. The van der Waals surface area contributed by atoms with Crippen LogP contribution < -0.4 is 5.32 Å². The van der Waals surface area contributed by atoms with Crippen LogP contribution in [0.1, 0.15) is 21.6 Å². The van der Waals surface area contributed by atoms with Gasteiger partial charge in [0, 0.05) is 41.4 Å². The van der Waals surface area contributed by atoms with Gasteiger partial charge < -0.3 is 14.9 Å². The fraction of sp³-hybridized carbons (Fsp3) is 0.0952. The molecule has 0 aliphatic carbocycles. The van der Waals surface area contributed by atoms with Crippen LogP contribution in [-0.4, -0.2) is 15.5 Å². The van der Waals surface area contributed by atoms with Crippen molar-refractivity contribution in [1.82, 2.24) is 14.9 Å². The molecule has 0 aliphatic rings. The van der Waals surface area contributed by atoms with Crippen molar-refractivity contribution in [2.45, 2.75) is 13.5 Å². The lowest BCUT2D eigenvalue weighted by Gasteiger charge is -2.07. The molecule has 0 aliphatic heterocycles. The van der Waals surface area contributed by atoms with Gasteiger partial charge in [-0.2, -0.15) is 0 Å². The Kier molecular flexibility index (Phi) is 3.86. The van der Waals surface area contributed by atoms with Crippen molar-refractivity contribution in [3.8, 4) is 5.69 Å². The summed E-state index contributed by atoms with van der Waals surface area (Å²) in [5.41, 5.74) is 5.04. The molecule has 0 radical (unpaired) electrons. The van der Waals surface area contributed by atoms with Crippen molar-refractivity contribution in [2.75, 3.05) is 0 Å². The Morgan fingerprint density at radius 1 is 1.04 bits per heavy atom. The van der Waals surface area contributed by atoms with Gasteiger partial charge in [-0.1, -0.05) is 6.07 Å². The van der Waals surface area contributed by atoms with Crippen molar-refractivity contribution in [2.24, 2.45) is 0 Å². The summed E-state index contributed by atoms with van der Waals surface area (Å²) >= 11 is 0. The summed E-state index contributed by atoms with van der Waals surface area (Å²) in [5.74, 6) is -0.0654. The molecule has 0 unspecified atom stereocenters. The van der Waals surface area contributed by atoms with Gasteiger partial charge >= 0.3 is 0 Å². The van der Waals surface area contributed by atoms with E-state index in [0.717, 1.165) is 22.5 Å². The van der Waals surface area contributed by atoms with Crippen molar-refractivity contribution in [3.63, 3.8) is 0 Å². The molecule has 0 atom stereocenters. The van der Waals surface area contributed by atoms with Crippen LogP contribution in [0.2, 0.25) is 0 Å². The summed E-state index contributed by atoms with van der Waals surface area (Å²) in [6.07, 6.45) is 3.96. The maximum atomic E-state index is 12.4. The van der Waals surface area contributed by atoms with Crippen LogP contribution in [0.15, 0.2) is 73.1 Å². The molecule has 2 aromatic heterocycles. The molecule has 4 nitrogen and oxygen atoms in total. The largest absolute Gasteiger partial charge is 0.359 e. The first-order valence-corrected chi connectivity index (χ1v) is 8.29. The van der Waals surface area contributed by atoms with Crippen LogP contribution in [-0.2, 0) is 6.54 Å². The lowest BCUT2D eigenvalue weighted by atomic mass is 10.1. The molecule has 2 heterocycles. The van der Waals surface area contributed by atoms with Gasteiger partial charge in [0.05, 0.1) is 0 Å². The Morgan fingerprint density at radius 2 is 1.80 bits per heavy atom. The molecular weight excluding hydrogens is 310 g/mol. The molecule has 4 rings (SSSR count). The van der Waals surface area contributed by atoms with E-state index >= 15 is 0 Å². The van der Waals surface area contributed by atoms with Crippen molar-refractivity contribution < 1.29 is 4.79 Å². The third-order valence-corrected chi connectivity index (χ3v) is 4.30. The van der Waals surface area contributed by atoms with Gasteiger partial charge in [0.25, 0.3) is 5.91 Å². The van der Waals surface area contributed by atoms with E-state index < -0.39 is 0 Å². The number of aromatic amines is 1. The number of amides is 1. The fourth-order valence-electron chi connectivity index (χ4n) is 3.01. The maximum Gasteiger partial charge on any atom is 0.251 e. The topological polar surface area (TPSA) is 49.8 Å². The van der Waals surface area contributed by atoms with Gasteiger partial charge in [-0.15, -0.1) is 0 Å². The van der Waals surface area contributed by atoms with Gasteiger partial charge in [-0.25, -0.2) is 0 Å². The number of hydrogen-bond donors (Lipinski definition) is 2. The van der Waals surface area contributed by atoms with E-state index in [1.807, 2.05) is 66.3 Å². The second kappa shape index (κ2) is 6.32. The first-order valence-electron chi connectivity index (χ1n) is 8.29. The van der Waals surface area contributed by atoms with E-state index in [4.69, 9.17) is 0 Å². The number of nitrogens with one attached hydrogen (secondary N) is 2. The third-order valence-electron chi connectivity index (χ3n) is 4.30. The van der Waals surface area contributed by atoms with Crippen LogP contribution in [0.5, 0.6) is 0 Å². The summed E-state index contributed by atoms with van der Waals surface area (Å²) in [4.78, 5) is 15.7. The summed E-state index contributed by atoms with van der Waals surface area (Å²) in [6, 6.07) is 19.9. The van der Waals surface area contributed by atoms with E-state index in [2.05, 4.69) is 28.5 Å². The molecule has 2 aromatic carbocycles. The fourth-order valence-corrected chi connectivity index (χ4v) is 3.01. The molecule has 2 N–H and O–H groups in total. The van der Waals surface area contributed by atoms with E-state index in [0.29, 0.717) is 12.1 Å². The van der Waals surface area contributed by atoms with E-state index in [-0.39, 0.29) is 5.91 Å².